The number of aromatic nitrogens is 2. The van der Waals surface area contributed by atoms with Crippen LogP contribution >= 0.6 is 0 Å². The van der Waals surface area contributed by atoms with Crippen LogP contribution in [0.3, 0.4) is 0 Å². The molecule has 9 aromatic carbocycles. The Labute approximate surface area is 288 Å². The Morgan fingerprint density at radius 1 is 0.300 bits per heavy atom. The topological polar surface area (TPSA) is 9.86 Å². The summed E-state index contributed by atoms with van der Waals surface area (Å²) in [6.45, 7) is 0. The molecule has 0 aliphatic rings. The lowest BCUT2D eigenvalue weighted by molar-refractivity contribution is 1.18. The summed E-state index contributed by atoms with van der Waals surface area (Å²) >= 11 is 0. The molecule has 11 rings (SSSR count). The van der Waals surface area contributed by atoms with Gasteiger partial charge in [-0.1, -0.05) is 140 Å². The van der Waals surface area contributed by atoms with E-state index in [1.807, 2.05) is 0 Å². The monoisotopic (exact) mass is 634 g/mol. The Morgan fingerprint density at radius 3 is 1.60 bits per heavy atom. The van der Waals surface area contributed by atoms with Crippen LogP contribution < -0.4 is 0 Å². The Hall–Kier alpha value is -6.64. The first-order chi connectivity index (χ1) is 24.8. The zero-order chi connectivity index (χ0) is 32.8. The van der Waals surface area contributed by atoms with Gasteiger partial charge in [-0.25, -0.2) is 0 Å². The molecule has 0 aliphatic heterocycles. The minimum absolute atomic E-state index is 1.16. The maximum atomic E-state index is 2.50. The molecular weight excluding hydrogens is 605 g/mol. The van der Waals surface area contributed by atoms with Gasteiger partial charge in [-0.3, -0.25) is 0 Å². The number of fused-ring (bicyclic) bond motifs is 12. The molecule has 0 radical (unpaired) electrons. The molecule has 2 aromatic heterocycles. The molecule has 0 aliphatic carbocycles. The van der Waals surface area contributed by atoms with Gasteiger partial charge >= 0.3 is 0 Å². The van der Waals surface area contributed by atoms with Crippen LogP contribution in [0, 0.1) is 0 Å². The van der Waals surface area contributed by atoms with Crippen LogP contribution in [-0.4, -0.2) is 9.13 Å². The molecule has 232 valence electrons. The van der Waals surface area contributed by atoms with Gasteiger partial charge in [-0.05, 0) is 80.5 Å². The van der Waals surface area contributed by atoms with Crippen molar-refractivity contribution < 1.29 is 0 Å². The van der Waals surface area contributed by atoms with Crippen molar-refractivity contribution in [2.24, 2.45) is 0 Å². The molecule has 0 atom stereocenters. The number of nitrogens with zero attached hydrogens (tertiary/aromatic N) is 2. The molecule has 2 heterocycles. The highest BCUT2D eigenvalue weighted by atomic mass is 15.0. The summed E-state index contributed by atoms with van der Waals surface area (Å²) in [5.74, 6) is 0. The number of benzene rings is 9. The standard InChI is InChI=1S/C48H30N2/c1-3-16-33(17-4-1)49-44-28-32(36-25-13-15-31-14-7-8-20-35(31)36)26-27-39(44)42-29-46-43(30-45(42)49)47-40-23-11-9-21-37(40)38-22-10-12-24-41(38)48(47)50(46)34-18-5-2-6-19-34/h1-30H. The second-order valence-corrected chi connectivity index (χ2v) is 13.3. The summed E-state index contributed by atoms with van der Waals surface area (Å²) in [5, 5.41) is 12.7. The smallest absolute Gasteiger partial charge is 0.0625 e. The molecular formula is C48H30N2. The Kier molecular flexibility index (Phi) is 5.70. The van der Waals surface area contributed by atoms with Gasteiger partial charge in [-0.2, -0.15) is 0 Å². The third kappa shape index (κ3) is 3.79. The first-order valence-electron chi connectivity index (χ1n) is 17.3. The molecule has 2 heteroatoms. The molecule has 0 unspecified atom stereocenters. The van der Waals surface area contributed by atoms with Gasteiger partial charge in [-0.15, -0.1) is 0 Å². The van der Waals surface area contributed by atoms with Gasteiger partial charge in [0.05, 0.1) is 22.1 Å². The lowest BCUT2D eigenvalue weighted by Gasteiger charge is -2.12. The fraction of sp³-hybridized carbons (Fsp3) is 0. The van der Waals surface area contributed by atoms with Gasteiger partial charge in [0, 0.05) is 38.3 Å². The maximum absolute atomic E-state index is 2.50. The summed E-state index contributed by atoms with van der Waals surface area (Å²) in [5.41, 5.74) is 9.66. The van der Waals surface area contributed by atoms with Crippen molar-refractivity contribution in [3.63, 3.8) is 0 Å². The van der Waals surface area contributed by atoms with Crippen molar-refractivity contribution in [1.29, 1.82) is 0 Å². The quantitative estimate of drug-likeness (QED) is 0.171. The van der Waals surface area contributed by atoms with Gasteiger partial charge < -0.3 is 9.13 Å². The molecule has 11 aromatic rings. The lowest BCUT2D eigenvalue weighted by Crippen LogP contribution is -1.95. The Balaban J connectivity index is 1.34. The van der Waals surface area contributed by atoms with E-state index in [0.29, 0.717) is 0 Å². The van der Waals surface area contributed by atoms with E-state index < -0.39 is 0 Å². The van der Waals surface area contributed by atoms with Gasteiger partial charge in [0.25, 0.3) is 0 Å². The third-order valence-electron chi connectivity index (χ3n) is 10.7. The maximum Gasteiger partial charge on any atom is 0.0625 e. The van der Waals surface area contributed by atoms with Crippen LogP contribution in [0.15, 0.2) is 182 Å². The van der Waals surface area contributed by atoms with Crippen LogP contribution in [0.1, 0.15) is 0 Å². The van der Waals surface area contributed by atoms with Crippen molar-refractivity contribution in [1.82, 2.24) is 9.13 Å². The van der Waals surface area contributed by atoms with Crippen molar-refractivity contribution in [2.75, 3.05) is 0 Å². The van der Waals surface area contributed by atoms with E-state index in [-0.39, 0.29) is 0 Å². The van der Waals surface area contributed by atoms with Crippen molar-refractivity contribution >= 4 is 75.9 Å². The average molecular weight is 635 g/mol. The van der Waals surface area contributed by atoms with Crippen molar-refractivity contribution in [3.05, 3.63) is 182 Å². The molecule has 0 amide bonds. The third-order valence-corrected chi connectivity index (χ3v) is 10.7. The van der Waals surface area contributed by atoms with Crippen LogP contribution in [0.5, 0.6) is 0 Å². The van der Waals surface area contributed by atoms with Gasteiger partial charge in [0.2, 0.25) is 0 Å². The molecule has 0 spiro atoms. The first kappa shape index (κ1) is 27.3. The van der Waals surface area contributed by atoms with E-state index in [2.05, 4.69) is 191 Å². The van der Waals surface area contributed by atoms with Gasteiger partial charge in [0.1, 0.15) is 0 Å². The van der Waals surface area contributed by atoms with E-state index >= 15 is 0 Å². The number of para-hydroxylation sites is 2. The summed E-state index contributed by atoms with van der Waals surface area (Å²) in [6, 6.07) is 66.7. The lowest BCUT2D eigenvalue weighted by atomic mass is 9.96. The fourth-order valence-corrected chi connectivity index (χ4v) is 8.53. The molecule has 0 bridgehead atoms. The van der Waals surface area contributed by atoms with Gasteiger partial charge in [0.15, 0.2) is 0 Å². The molecule has 0 saturated carbocycles. The van der Waals surface area contributed by atoms with Crippen LogP contribution in [0.25, 0.3) is 98.4 Å². The number of hydrogen-bond acceptors (Lipinski definition) is 0. The summed E-state index contributed by atoms with van der Waals surface area (Å²) < 4.78 is 4.96. The number of rotatable bonds is 3. The fourth-order valence-electron chi connectivity index (χ4n) is 8.53. The predicted octanol–water partition coefficient (Wildman–Crippen LogP) is 13.0. The second kappa shape index (κ2) is 10.4. The van der Waals surface area contributed by atoms with Crippen LogP contribution in [-0.2, 0) is 0 Å². The molecule has 0 saturated heterocycles. The summed E-state index contributed by atoms with van der Waals surface area (Å²) in [7, 11) is 0. The largest absolute Gasteiger partial charge is 0.309 e. The molecule has 50 heavy (non-hydrogen) atoms. The minimum atomic E-state index is 1.16. The van der Waals surface area contributed by atoms with E-state index in [4.69, 9.17) is 0 Å². The zero-order valence-electron chi connectivity index (χ0n) is 27.2. The van der Waals surface area contributed by atoms with E-state index in [9.17, 15) is 0 Å². The highest BCUT2D eigenvalue weighted by molar-refractivity contribution is 6.33. The molecule has 2 nitrogen and oxygen atoms in total. The van der Waals surface area contributed by atoms with Crippen molar-refractivity contribution in [2.45, 2.75) is 0 Å². The normalized spacial score (nSPS) is 12.0. The minimum Gasteiger partial charge on any atom is -0.309 e. The number of hydrogen-bond donors (Lipinski definition) is 0. The Bertz CT molecular complexity index is 3120. The van der Waals surface area contributed by atoms with E-state index in [0.717, 1.165) is 11.4 Å². The van der Waals surface area contributed by atoms with Crippen molar-refractivity contribution in [3.8, 4) is 22.5 Å². The van der Waals surface area contributed by atoms with Crippen LogP contribution in [0.4, 0.5) is 0 Å². The summed E-state index contributed by atoms with van der Waals surface area (Å²) in [4.78, 5) is 0. The SMILES string of the molecule is c1ccc(-n2c3cc(-c4cccc5ccccc45)ccc3c3cc4c(cc32)c2c3ccccc3c3ccccc3c2n4-c2ccccc2)cc1. The first-order valence-corrected chi connectivity index (χ1v) is 17.3. The molecule has 0 N–H and O–H groups in total. The highest BCUT2D eigenvalue weighted by Crippen LogP contribution is 2.45. The van der Waals surface area contributed by atoms with E-state index in [1.165, 1.54) is 87.1 Å². The second-order valence-electron chi connectivity index (χ2n) is 13.3. The zero-order valence-corrected chi connectivity index (χ0v) is 27.2. The average Bonchev–Trinajstić information content (AvgIpc) is 3.69. The van der Waals surface area contributed by atoms with Crippen LogP contribution in [0.2, 0.25) is 0 Å². The highest BCUT2D eigenvalue weighted by Gasteiger charge is 2.22. The van der Waals surface area contributed by atoms with E-state index in [1.54, 1.807) is 0 Å². The molecule has 0 fully saturated rings. The Morgan fingerprint density at radius 2 is 0.840 bits per heavy atom. The predicted molar refractivity (Wildman–Crippen MR) is 213 cm³/mol. The summed E-state index contributed by atoms with van der Waals surface area (Å²) in [6.07, 6.45) is 0.